The number of nitrogens with zero attached hydrogens (tertiary/aromatic N) is 2. The lowest BCUT2D eigenvalue weighted by Crippen LogP contribution is -2.47. The molecule has 0 bridgehead atoms. The molecule has 0 radical (unpaired) electrons. The third kappa shape index (κ3) is 6.90. The quantitative estimate of drug-likeness (QED) is 0.408. The largest absolute Gasteiger partial charge is 0.439 e. The number of piperazine rings is 1. The molecule has 23 heavy (non-hydrogen) atoms. The number of hydrogen-bond acceptors (Lipinski definition) is 3. The van der Waals surface area contributed by atoms with Gasteiger partial charge in [0.15, 0.2) is 6.67 Å². The van der Waals surface area contributed by atoms with Crippen molar-refractivity contribution in [3.8, 4) is 0 Å². The predicted octanol–water partition coefficient (Wildman–Crippen LogP) is 2.75. The van der Waals surface area contributed by atoms with Crippen LogP contribution < -0.4 is 0 Å². The Hall–Kier alpha value is -1.76. The summed E-state index contributed by atoms with van der Waals surface area (Å²) in [5.74, 6) is -0.0837. The molecule has 1 fully saturated rings. The molecular formula is C16H23F3N2O2. The molecule has 1 aliphatic heterocycles. The Bertz CT molecular complexity index is 468. The maximum atomic E-state index is 12.5. The van der Waals surface area contributed by atoms with E-state index in [9.17, 15) is 18.0 Å². The molecule has 0 saturated carbocycles. The van der Waals surface area contributed by atoms with E-state index in [0.717, 1.165) is 13.1 Å². The number of alkyl halides is 3. The van der Waals surface area contributed by atoms with Crippen LogP contribution >= 0.6 is 0 Å². The predicted molar refractivity (Wildman–Crippen MR) is 82.7 cm³/mol. The zero-order valence-electron chi connectivity index (χ0n) is 13.5. The van der Waals surface area contributed by atoms with Crippen molar-refractivity contribution in [3.05, 3.63) is 36.1 Å². The second-order valence-electron chi connectivity index (χ2n) is 5.24. The Kier molecular flexibility index (Phi) is 7.88. The van der Waals surface area contributed by atoms with E-state index in [2.05, 4.69) is 9.64 Å². The molecule has 7 heteroatoms. The highest BCUT2D eigenvalue weighted by Crippen LogP contribution is 2.15. The summed E-state index contributed by atoms with van der Waals surface area (Å²) in [6, 6.07) is 0. The number of carbonyl (C=O) groups excluding carboxylic acids is 1. The highest BCUT2D eigenvalue weighted by molar-refractivity contribution is 5.96. The molecule has 1 saturated heterocycles. The van der Waals surface area contributed by atoms with Crippen LogP contribution in [-0.4, -0.2) is 61.7 Å². The van der Waals surface area contributed by atoms with E-state index in [0.29, 0.717) is 31.3 Å². The van der Waals surface area contributed by atoms with E-state index in [-0.39, 0.29) is 5.91 Å². The molecule has 0 spiro atoms. The van der Waals surface area contributed by atoms with E-state index in [1.165, 1.54) is 18.2 Å². The Balaban J connectivity index is 2.61. The summed E-state index contributed by atoms with van der Waals surface area (Å²) in [4.78, 5) is 16.3. The number of allylic oxidation sites excluding steroid dienone is 3. The Morgan fingerprint density at radius 2 is 1.87 bits per heavy atom. The van der Waals surface area contributed by atoms with Crippen molar-refractivity contribution in [2.75, 3.05) is 39.9 Å². The molecule has 0 aromatic carbocycles. The molecule has 0 N–H and O–H groups in total. The number of amides is 1. The van der Waals surface area contributed by atoms with E-state index in [4.69, 9.17) is 0 Å². The van der Waals surface area contributed by atoms with Crippen LogP contribution in [0.4, 0.5) is 13.2 Å². The fraction of sp³-hybridized carbons (Fsp3) is 0.562. The Morgan fingerprint density at radius 3 is 2.43 bits per heavy atom. The summed E-state index contributed by atoms with van der Waals surface area (Å²) in [6.07, 6.45) is 3.51. The number of ether oxygens (including phenoxy) is 1. The SMILES string of the molecule is CC\C=C(/C=C\C=C\OC(F)(F)CF)C(=O)N1CCN(C)CC1. The number of hydrogen-bond donors (Lipinski definition) is 0. The zero-order chi connectivity index (χ0) is 17.3. The maximum Gasteiger partial charge on any atom is 0.426 e. The maximum absolute atomic E-state index is 12.5. The van der Waals surface area contributed by atoms with E-state index >= 15 is 0 Å². The first-order valence-electron chi connectivity index (χ1n) is 7.52. The van der Waals surface area contributed by atoms with E-state index < -0.39 is 12.8 Å². The molecule has 1 rings (SSSR count). The van der Waals surface area contributed by atoms with Gasteiger partial charge in [-0.1, -0.05) is 19.1 Å². The van der Waals surface area contributed by atoms with Crippen LogP contribution in [0.25, 0.3) is 0 Å². The summed E-state index contributed by atoms with van der Waals surface area (Å²) in [5, 5.41) is 0. The summed E-state index contributed by atoms with van der Waals surface area (Å²) in [6.45, 7) is 2.98. The average Bonchev–Trinajstić information content (AvgIpc) is 2.53. The van der Waals surface area contributed by atoms with Crippen molar-refractivity contribution in [2.45, 2.75) is 19.5 Å². The minimum atomic E-state index is -3.82. The first-order valence-corrected chi connectivity index (χ1v) is 7.52. The topological polar surface area (TPSA) is 32.8 Å². The smallest absolute Gasteiger partial charge is 0.426 e. The average molecular weight is 332 g/mol. The lowest BCUT2D eigenvalue weighted by Gasteiger charge is -2.32. The summed E-state index contributed by atoms with van der Waals surface area (Å²) in [7, 11) is 2.00. The van der Waals surface area contributed by atoms with Crippen LogP contribution in [0.3, 0.4) is 0 Å². The molecular weight excluding hydrogens is 309 g/mol. The van der Waals surface area contributed by atoms with Gasteiger partial charge in [0, 0.05) is 31.8 Å². The minimum absolute atomic E-state index is 0.0837. The molecule has 130 valence electrons. The lowest BCUT2D eigenvalue weighted by molar-refractivity contribution is -0.213. The second-order valence-corrected chi connectivity index (χ2v) is 5.24. The van der Waals surface area contributed by atoms with Gasteiger partial charge in [0.2, 0.25) is 0 Å². The first kappa shape index (κ1) is 19.3. The van der Waals surface area contributed by atoms with Gasteiger partial charge < -0.3 is 14.5 Å². The fourth-order valence-electron chi connectivity index (χ4n) is 2.01. The number of rotatable bonds is 7. The van der Waals surface area contributed by atoms with Crippen molar-refractivity contribution in [2.24, 2.45) is 0 Å². The molecule has 0 aromatic rings. The first-order chi connectivity index (χ1) is 10.9. The molecule has 1 amide bonds. The second kappa shape index (κ2) is 9.39. The van der Waals surface area contributed by atoms with Crippen LogP contribution in [-0.2, 0) is 9.53 Å². The summed E-state index contributed by atoms with van der Waals surface area (Å²) in [5.41, 5.74) is 0.499. The van der Waals surface area contributed by atoms with E-state index in [1.54, 1.807) is 11.0 Å². The van der Waals surface area contributed by atoms with Gasteiger partial charge in [0.1, 0.15) is 0 Å². The van der Waals surface area contributed by atoms with Gasteiger partial charge in [-0.15, -0.1) is 0 Å². The Labute approximate surface area is 134 Å². The number of carbonyl (C=O) groups is 1. The van der Waals surface area contributed by atoms with E-state index in [1.807, 2.05) is 14.0 Å². The van der Waals surface area contributed by atoms with Crippen LogP contribution in [0.1, 0.15) is 13.3 Å². The third-order valence-electron chi connectivity index (χ3n) is 3.32. The molecule has 0 aromatic heterocycles. The minimum Gasteiger partial charge on any atom is -0.439 e. The van der Waals surface area contributed by atoms with Crippen LogP contribution in [0.5, 0.6) is 0 Å². The van der Waals surface area contributed by atoms with Gasteiger partial charge >= 0.3 is 6.11 Å². The number of likely N-dealkylation sites (N-methyl/N-ethyl adjacent to an activating group) is 1. The standard InChI is InChI=1S/C16H23F3N2O2/c1-3-6-14(7-4-5-12-23-16(18,19)13-17)15(22)21-10-8-20(2)9-11-21/h4-7,12H,3,8-11,13H2,1-2H3/b7-4-,12-5+,14-6+. The molecule has 0 atom stereocenters. The molecule has 1 aliphatic rings. The van der Waals surface area contributed by atoms with Crippen molar-refractivity contribution >= 4 is 5.91 Å². The molecule has 1 heterocycles. The highest BCUT2D eigenvalue weighted by Gasteiger charge is 2.29. The van der Waals surface area contributed by atoms with Crippen LogP contribution in [0.2, 0.25) is 0 Å². The number of halogens is 3. The molecule has 0 aliphatic carbocycles. The zero-order valence-corrected chi connectivity index (χ0v) is 13.5. The molecule has 4 nitrogen and oxygen atoms in total. The Morgan fingerprint density at radius 1 is 1.22 bits per heavy atom. The van der Waals surface area contributed by atoms with Crippen molar-refractivity contribution < 1.29 is 22.7 Å². The van der Waals surface area contributed by atoms with Gasteiger partial charge in [0.25, 0.3) is 5.91 Å². The normalized spacial score (nSPS) is 18.1. The van der Waals surface area contributed by atoms with Crippen LogP contribution in [0.15, 0.2) is 36.1 Å². The van der Waals surface area contributed by atoms with Crippen molar-refractivity contribution in [1.82, 2.24) is 9.80 Å². The monoisotopic (exact) mass is 332 g/mol. The highest BCUT2D eigenvalue weighted by atomic mass is 19.3. The van der Waals surface area contributed by atoms with Crippen molar-refractivity contribution in [3.63, 3.8) is 0 Å². The van der Waals surface area contributed by atoms with Crippen molar-refractivity contribution in [1.29, 1.82) is 0 Å². The van der Waals surface area contributed by atoms with Crippen LogP contribution in [0, 0.1) is 0 Å². The van der Waals surface area contributed by atoms with Gasteiger partial charge in [0.05, 0.1) is 6.26 Å². The van der Waals surface area contributed by atoms with Gasteiger partial charge in [-0.3, -0.25) is 4.79 Å². The lowest BCUT2D eigenvalue weighted by atomic mass is 10.1. The van der Waals surface area contributed by atoms with Gasteiger partial charge in [-0.25, -0.2) is 4.39 Å². The fourth-order valence-corrected chi connectivity index (χ4v) is 2.01. The third-order valence-corrected chi connectivity index (χ3v) is 3.32. The summed E-state index contributed by atoms with van der Waals surface area (Å²) < 4.78 is 40.8. The summed E-state index contributed by atoms with van der Waals surface area (Å²) >= 11 is 0. The van der Waals surface area contributed by atoms with Gasteiger partial charge in [-0.2, -0.15) is 8.78 Å². The van der Waals surface area contributed by atoms with Gasteiger partial charge in [-0.05, 0) is 25.6 Å². The molecule has 0 unspecified atom stereocenters.